The lowest BCUT2D eigenvalue weighted by Gasteiger charge is -2.32. The molecular formula is C20H26Cl2N6O6S. The summed E-state index contributed by atoms with van der Waals surface area (Å²) in [5.74, 6) is -1.76. The van der Waals surface area contributed by atoms with Gasteiger partial charge in [0.25, 0.3) is 5.91 Å². The van der Waals surface area contributed by atoms with Crippen molar-refractivity contribution in [2.24, 2.45) is 0 Å². The molecule has 1 aromatic carbocycles. The minimum atomic E-state index is -4.56. The van der Waals surface area contributed by atoms with Crippen molar-refractivity contribution < 1.29 is 28.0 Å². The SMILES string of the molecule is O=C(NC(CCCCCNc1ncc[nH]1)(NS(=O)(=O)c1c(Cl)cccc1Cl)C(=O)O)C1CCNO1. The number of halogens is 2. The second-order valence-electron chi connectivity index (χ2n) is 7.82. The first kappa shape index (κ1) is 27.2. The number of unbranched alkanes of at least 4 members (excludes halogenated alkanes) is 2. The van der Waals surface area contributed by atoms with E-state index in [2.05, 4.69) is 30.8 Å². The summed E-state index contributed by atoms with van der Waals surface area (Å²) in [6.07, 6.45) is 3.81. The zero-order valence-electron chi connectivity index (χ0n) is 18.5. The number of sulfonamides is 1. The lowest BCUT2D eigenvalue weighted by Crippen LogP contribution is -2.66. The molecule has 2 unspecified atom stereocenters. The Morgan fingerprint density at radius 2 is 1.97 bits per heavy atom. The fourth-order valence-electron chi connectivity index (χ4n) is 3.51. The van der Waals surface area contributed by atoms with E-state index in [0.717, 1.165) is 0 Å². The second-order valence-corrected chi connectivity index (χ2v) is 10.3. The number of hydrogen-bond acceptors (Lipinski definition) is 8. The zero-order valence-corrected chi connectivity index (χ0v) is 20.8. The van der Waals surface area contributed by atoms with Crippen LogP contribution in [0.5, 0.6) is 0 Å². The van der Waals surface area contributed by atoms with Crippen LogP contribution in [0.4, 0.5) is 5.95 Å². The maximum atomic E-state index is 13.2. The fraction of sp³-hybridized carbons (Fsp3) is 0.450. The predicted octanol–water partition coefficient (Wildman–Crippen LogP) is 1.86. The van der Waals surface area contributed by atoms with Crippen molar-refractivity contribution >= 4 is 51.0 Å². The van der Waals surface area contributed by atoms with Gasteiger partial charge in [-0.2, -0.15) is 4.72 Å². The van der Waals surface area contributed by atoms with Gasteiger partial charge in [0.15, 0.2) is 12.1 Å². The summed E-state index contributed by atoms with van der Waals surface area (Å²) in [6, 6.07) is 4.08. The molecule has 2 heterocycles. The van der Waals surface area contributed by atoms with Gasteiger partial charge in [-0.3, -0.25) is 9.63 Å². The van der Waals surface area contributed by atoms with Gasteiger partial charge in [0, 0.05) is 25.5 Å². The van der Waals surface area contributed by atoms with Gasteiger partial charge in [-0.05, 0) is 37.8 Å². The third-order valence-corrected chi connectivity index (χ3v) is 7.69. The Kier molecular flexibility index (Phi) is 9.33. The summed E-state index contributed by atoms with van der Waals surface area (Å²) < 4.78 is 28.5. The number of aromatic nitrogens is 2. The van der Waals surface area contributed by atoms with E-state index in [9.17, 15) is 23.1 Å². The molecule has 1 amide bonds. The highest BCUT2D eigenvalue weighted by atomic mass is 35.5. The molecule has 0 bridgehead atoms. The number of carboxylic acid groups (broad SMARTS) is 1. The molecule has 1 aromatic heterocycles. The molecule has 1 saturated heterocycles. The highest BCUT2D eigenvalue weighted by molar-refractivity contribution is 7.89. The molecule has 15 heteroatoms. The number of rotatable bonds is 13. The van der Waals surface area contributed by atoms with Crippen LogP contribution in [0.1, 0.15) is 32.1 Å². The molecule has 1 aliphatic heterocycles. The molecule has 2 aromatic rings. The maximum Gasteiger partial charge on any atom is 0.345 e. The molecule has 12 nitrogen and oxygen atoms in total. The van der Waals surface area contributed by atoms with Gasteiger partial charge in [-0.15, -0.1) is 0 Å². The minimum Gasteiger partial charge on any atom is -0.478 e. The van der Waals surface area contributed by atoms with Gasteiger partial charge in [-0.25, -0.2) is 23.7 Å². The maximum absolute atomic E-state index is 13.2. The summed E-state index contributed by atoms with van der Waals surface area (Å²) in [5.41, 5.74) is 0.176. The van der Waals surface area contributed by atoms with E-state index in [-0.39, 0.29) is 22.9 Å². The van der Waals surface area contributed by atoms with Crippen molar-refractivity contribution in [3.8, 4) is 0 Å². The molecule has 0 spiro atoms. The molecule has 1 aliphatic rings. The van der Waals surface area contributed by atoms with Gasteiger partial charge >= 0.3 is 5.97 Å². The zero-order chi connectivity index (χ0) is 25.5. The molecule has 0 aliphatic carbocycles. The molecule has 2 atom stereocenters. The Morgan fingerprint density at radius 1 is 1.23 bits per heavy atom. The Bertz CT molecular complexity index is 1110. The number of carbonyl (C=O) groups excluding carboxylic acids is 1. The summed E-state index contributed by atoms with van der Waals surface area (Å²) in [7, 11) is -4.56. The number of carbonyl (C=O) groups is 2. The van der Waals surface area contributed by atoms with Crippen LogP contribution in [0.15, 0.2) is 35.5 Å². The van der Waals surface area contributed by atoms with Crippen molar-refractivity contribution in [1.29, 1.82) is 0 Å². The lowest BCUT2D eigenvalue weighted by molar-refractivity contribution is -0.151. The standard InChI is InChI=1S/C20H26Cl2N6O6S/c21-13-5-4-6-14(22)16(13)35(32,33)28-20(18(30)31,27-17(29)15-7-10-26-34-15)8-2-1-3-9-23-19-24-11-12-25-19/h4-6,11-12,15,26,28H,1-3,7-10H2,(H,27,29)(H,30,31)(H2,23,24,25). The third kappa shape index (κ3) is 7.06. The van der Waals surface area contributed by atoms with Gasteiger partial charge in [-0.1, -0.05) is 35.7 Å². The number of aliphatic carboxylic acids is 1. The number of anilines is 1. The van der Waals surface area contributed by atoms with Crippen LogP contribution in [0.25, 0.3) is 0 Å². The van der Waals surface area contributed by atoms with E-state index in [1.54, 1.807) is 12.4 Å². The number of amides is 1. The van der Waals surface area contributed by atoms with E-state index in [0.29, 0.717) is 38.3 Å². The normalized spacial score (nSPS) is 17.6. The number of aromatic amines is 1. The Labute approximate surface area is 212 Å². The average Bonchev–Trinajstić information content (AvgIpc) is 3.49. The van der Waals surface area contributed by atoms with E-state index in [1.807, 2.05) is 0 Å². The van der Waals surface area contributed by atoms with Crippen molar-refractivity contribution in [2.75, 3.05) is 18.4 Å². The van der Waals surface area contributed by atoms with E-state index in [1.165, 1.54) is 18.2 Å². The van der Waals surface area contributed by atoms with Gasteiger partial charge in [0.05, 0.1) is 10.0 Å². The second kappa shape index (κ2) is 12.0. The first-order valence-electron chi connectivity index (χ1n) is 10.8. The third-order valence-electron chi connectivity index (χ3n) is 5.24. The van der Waals surface area contributed by atoms with Crippen LogP contribution in [-0.4, -0.2) is 60.2 Å². The van der Waals surface area contributed by atoms with Crippen molar-refractivity contribution in [1.82, 2.24) is 25.5 Å². The molecule has 0 saturated carbocycles. The van der Waals surface area contributed by atoms with E-state index >= 15 is 0 Å². The van der Waals surface area contributed by atoms with Crippen LogP contribution < -0.4 is 20.8 Å². The minimum absolute atomic E-state index is 0.192. The quantitative estimate of drug-likeness (QED) is 0.161. The number of nitrogens with zero attached hydrogens (tertiary/aromatic N) is 1. The Hall–Kier alpha value is -2.42. The number of imidazole rings is 1. The highest BCUT2D eigenvalue weighted by Crippen LogP contribution is 2.30. The van der Waals surface area contributed by atoms with Crippen LogP contribution in [0, 0.1) is 0 Å². The van der Waals surface area contributed by atoms with Gasteiger partial charge in [0.1, 0.15) is 4.90 Å². The molecule has 35 heavy (non-hydrogen) atoms. The molecule has 192 valence electrons. The van der Waals surface area contributed by atoms with Crippen LogP contribution >= 0.6 is 23.2 Å². The monoisotopic (exact) mass is 548 g/mol. The molecule has 1 fully saturated rings. The summed E-state index contributed by atoms with van der Waals surface area (Å²) in [4.78, 5) is 36.7. The van der Waals surface area contributed by atoms with Gasteiger partial charge in [0.2, 0.25) is 15.7 Å². The smallest absolute Gasteiger partial charge is 0.345 e. The first-order valence-corrected chi connectivity index (χ1v) is 13.0. The number of benzene rings is 1. The number of hydrogen-bond donors (Lipinski definition) is 6. The van der Waals surface area contributed by atoms with E-state index in [4.69, 9.17) is 28.0 Å². The van der Waals surface area contributed by atoms with Gasteiger partial charge < -0.3 is 20.7 Å². The van der Waals surface area contributed by atoms with Crippen molar-refractivity contribution in [3.05, 3.63) is 40.6 Å². The lowest BCUT2D eigenvalue weighted by atomic mass is 10.0. The van der Waals surface area contributed by atoms with Crippen molar-refractivity contribution in [3.63, 3.8) is 0 Å². The average molecular weight is 549 g/mol. The first-order chi connectivity index (χ1) is 16.6. The van der Waals surface area contributed by atoms with Crippen LogP contribution in [-0.2, 0) is 24.4 Å². The fourth-order valence-corrected chi connectivity index (χ4v) is 5.96. The van der Waals surface area contributed by atoms with Crippen LogP contribution in [0.3, 0.4) is 0 Å². The van der Waals surface area contributed by atoms with Crippen molar-refractivity contribution in [2.45, 2.75) is 48.8 Å². The Morgan fingerprint density at radius 3 is 2.57 bits per heavy atom. The molecule has 3 rings (SSSR count). The highest BCUT2D eigenvalue weighted by Gasteiger charge is 2.46. The molecule has 0 radical (unpaired) electrons. The largest absolute Gasteiger partial charge is 0.478 e. The number of hydroxylamine groups is 1. The summed E-state index contributed by atoms with van der Waals surface area (Å²) >= 11 is 12.1. The topological polar surface area (TPSA) is 175 Å². The number of nitrogens with one attached hydrogen (secondary N) is 5. The predicted molar refractivity (Wildman–Crippen MR) is 128 cm³/mol. The molecular weight excluding hydrogens is 523 g/mol. The number of carboxylic acids is 1. The molecule has 6 N–H and O–H groups in total. The van der Waals surface area contributed by atoms with E-state index < -0.39 is 38.6 Å². The van der Waals surface area contributed by atoms with Crippen LogP contribution in [0.2, 0.25) is 10.0 Å². The Balaban J connectivity index is 1.77. The summed E-state index contributed by atoms with van der Waals surface area (Å²) in [6.45, 7) is 0.949. The summed E-state index contributed by atoms with van der Waals surface area (Å²) in [5, 5.41) is 15.1. The number of H-pyrrole nitrogens is 1.